The van der Waals surface area contributed by atoms with E-state index in [4.69, 9.17) is 0 Å². The molecule has 0 aliphatic heterocycles. The summed E-state index contributed by atoms with van der Waals surface area (Å²) in [6.07, 6.45) is 0. The lowest BCUT2D eigenvalue weighted by Crippen LogP contribution is -2.00. The highest BCUT2D eigenvalue weighted by Gasteiger charge is 2.05. The molecule has 2 aromatic carbocycles. The zero-order valence-electron chi connectivity index (χ0n) is 10.7. The molecule has 6 heteroatoms. The molecular weight excluding hydrogens is 322 g/mol. The van der Waals surface area contributed by atoms with E-state index in [1.54, 1.807) is 12.1 Å². The summed E-state index contributed by atoms with van der Waals surface area (Å²) in [5.41, 5.74) is 5.18. The zero-order chi connectivity index (χ0) is 14.5. The van der Waals surface area contributed by atoms with Crippen molar-refractivity contribution in [3.05, 3.63) is 68.7 Å². The van der Waals surface area contributed by atoms with Gasteiger partial charge in [0.2, 0.25) is 0 Å². The number of nitrogens with zero attached hydrogens (tertiary/aromatic N) is 2. The molecule has 2 rings (SSSR count). The van der Waals surface area contributed by atoms with Crippen LogP contribution in [0.4, 0.5) is 11.4 Å². The monoisotopic (exact) mass is 333 g/mol. The van der Waals surface area contributed by atoms with Gasteiger partial charge in [-0.3, -0.25) is 15.5 Å². The second kappa shape index (κ2) is 6.29. The van der Waals surface area contributed by atoms with Crippen molar-refractivity contribution in [1.29, 1.82) is 0 Å². The highest BCUT2D eigenvalue weighted by Crippen LogP contribution is 2.19. The molecule has 0 saturated carbocycles. The second-order valence-electron chi connectivity index (χ2n) is 4.10. The van der Waals surface area contributed by atoms with E-state index in [-0.39, 0.29) is 5.69 Å². The van der Waals surface area contributed by atoms with Crippen LogP contribution in [0.15, 0.2) is 58.1 Å². The normalized spacial score (nSPS) is 11.2. The van der Waals surface area contributed by atoms with E-state index >= 15 is 0 Å². The minimum atomic E-state index is -0.435. The number of benzene rings is 2. The molecule has 20 heavy (non-hydrogen) atoms. The lowest BCUT2D eigenvalue weighted by Gasteiger charge is -2.05. The lowest BCUT2D eigenvalue weighted by molar-refractivity contribution is -0.384. The number of nitro benzene ring substituents is 1. The van der Waals surface area contributed by atoms with Gasteiger partial charge in [0.15, 0.2) is 0 Å². The van der Waals surface area contributed by atoms with Crippen molar-refractivity contribution in [2.45, 2.75) is 6.92 Å². The highest BCUT2D eigenvalue weighted by molar-refractivity contribution is 9.10. The molecule has 2 aromatic rings. The van der Waals surface area contributed by atoms with Crippen LogP contribution in [0.2, 0.25) is 0 Å². The average Bonchev–Trinajstić information content (AvgIpc) is 2.45. The van der Waals surface area contributed by atoms with Crippen LogP contribution in [0.25, 0.3) is 0 Å². The molecule has 0 aliphatic rings. The molecule has 0 heterocycles. The smallest absolute Gasteiger partial charge is 0.271 e. The predicted octanol–water partition coefficient (Wildman–Crippen LogP) is 4.19. The minimum Gasteiger partial charge on any atom is -0.278 e. The number of hydrazone groups is 1. The third kappa shape index (κ3) is 3.42. The first-order valence-corrected chi connectivity index (χ1v) is 6.67. The summed E-state index contributed by atoms with van der Waals surface area (Å²) in [6, 6.07) is 13.9. The first-order valence-electron chi connectivity index (χ1n) is 5.87. The summed E-state index contributed by atoms with van der Waals surface area (Å²) < 4.78 is 0.946. The van der Waals surface area contributed by atoms with Gasteiger partial charge in [0, 0.05) is 22.2 Å². The molecule has 5 nitrogen and oxygen atoms in total. The van der Waals surface area contributed by atoms with Crippen molar-refractivity contribution >= 4 is 33.0 Å². The molecule has 0 amide bonds. The van der Waals surface area contributed by atoms with Gasteiger partial charge in [0.1, 0.15) is 0 Å². The SMILES string of the molecule is C/C(=N\Nc1cccc([N+](=O)[O-])c1)c1ccccc1Br. The number of hydrogen-bond donors (Lipinski definition) is 1. The van der Waals surface area contributed by atoms with Crippen LogP contribution >= 0.6 is 15.9 Å². The van der Waals surface area contributed by atoms with Crippen LogP contribution in [-0.4, -0.2) is 10.6 Å². The summed E-state index contributed by atoms with van der Waals surface area (Å²) in [5.74, 6) is 0. The van der Waals surface area contributed by atoms with Crippen molar-refractivity contribution in [1.82, 2.24) is 0 Å². The molecule has 0 fully saturated rings. The Labute approximate surface area is 124 Å². The summed E-state index contributed by atoms with van der Waals surface area (Å²) in [5, 5.41) is 14.9. The molecule has 1 N–H and O–H groups in total. The second-order valence-corrected chi connectivity index (χ2v) is 4.95. The van der Waals surface area contributed by atoms with Gasteiger partial charge in [0.25, 0.3) is 5.69 Å². The predicted molar refractivity (Wildman–Crippen MR) is 83.1 cm³/mol. The van der Waals surface area contributed by atoms with Crippen LogP contribution in [0.5, 0.6) is 0 Å². The van der Waals surface area contributed by atoms with E-state index in [9.17, 15) is 10.1 Å². The minimum absolute atomic E-state index is 0.0312. The van der Waals surface area contributed by atoms with E-state index in [2.05, 4.69) is 26.5 Å². The van der Waals surface area contributed by atoms with E-state index in [1.807, 2.05) is 31.2 Å². The molecule has 102 valence electrons. The number of rotatable bonds is 4. The fraction of sp³-hybridized carbons (Fsp3) is 0.0714. The molecule has 0 radical (unpaired) electrons. The van der Waals surface area contributed by atoms with E-state index in [0.717, 1.165) is 15.7 Å². The van der Waals surface area contributed by atoms with Crippen LogP contribution in [-0.2, 0) is 0 Å². The van der Waals surface area contributed by atoms with Gasteiger partial charge in [0.05, 0.1) is 16.3 Å². The maximum atomic E-state index is 10.7. The molecule has 0 aliphatic carbocycles. The summed E-state index contributed by atoms with van der Waals surface area (Å²) >= 11 is 3.46. The fourth-order valence-electron chi connectivity index (χ4n) is 1.65. The molecule has 0 aromatic heterocycles. The molecule has 0 atom stereocenters. The van der Waals surface area contributed by atoms with Gasteiger partial charge < -0.3 is 0 Å². The van der Waals surface area contributed by atoms with Crippen molar-refractivity contribution in [3.63, 3.8) is 0 Å². The molecule has 0 saturated heterocycles. The Morgan fingerprint density at radius 2 is 2.00 bits per heavy atom. The summed E-state index contributed by atoms with van der Waals surface area (Å²) in [6.45, 7) is 1.87. The first-order chi connectivity index (χ1) is 9.58. The van der Waals surface area contributed by atoms with Crippen LogP contribution < -0.4 is 5.43 Å². The van der Waals surface area contributed by atoms with Crippen molar-refractivity contribution < 1.29 is 4.92 Å². The number of nitrogens with one attached hydrogen (secondary N) is 1. The standard InChI is InChI=1S/C14H12BrN3O2/c1-10(13-7-2-3-8-14(13)15)16-17-11-5-4-6-12(9-11)18(19)20/h2-9,17H,1H3/b16-10+. The van der Waals surface area contributed by atoms with E-state index < -0.39 is 4.92 Å². The van der Waals surface area contributed by atoms with Gasteiger partial charge >= 0.3 is 0 Å². The van der Waals surface area contributed by atoms with E-state index in [0.29, 0.717) is 5.69 Å². The highest BCUT2D eigenvalue weighted by atomic mass is 79.9. The lowest BCUT2D eigenvalue weighted by atomic mass is 10.1. The number of nitro groups is 1. The fourth-order valence-corrected chi connectivity index (χ4v) is 2.22. The molecule has 0 unspecified atom stereocenters. The molecular formula is C14H12BrN3O2. The van der Waals surface area contributed by atoms with Crippen LogP contribution in [0, 0.1) is 10.1 Å². The number of halogens is 1. The van der Waals surface area contributed by atoms with Gasteiger partial charge in [-0.15, -0.1) is 0 Å². The summed E-state index contributed by atoms with van der Waals surface area (Å²) in [7, 11) is 0. The first kappa shape index (κ1) is 14.2. The number of anilines is 1. The maximum absolute atomic E-state index is 10.7. The van der Waals surface area contributed by atoms with Gasteiger partial charge in [-0.1, -0.05) is 40.2 Å². The Balaban J connectivity index is 2.19. The maximum Gasteiger partial charge on any atom is 0.271 e. The van der Waals surface area contributed by atoms with Crippen molar-refractivity contribution in [2.24, 2.45) is 5.10 Å². The van der Waals surface area contributed by atoms with E-state index in [1.165, 1.54) is 12.1 Å². The quantitative estimate of drug-likeness (QED) is 0.518. The number of non-ortho nitro benzene ring substituents is 1. The van der Waals surface area contributed by atoms with Crippen molar-refractivity contribution in [2.75, 3.05) is 5.43 Å². The number of hydrogen-bond acceptors (Lipinski definition) is 4. The topological polar surface area (TPSA) is 67.5 Å². The third-order valence-corrected chi connectivity index (χ3v) is 3.36. The summed E-state index contributed by atoms with van der Waals surface area (Å²) in [4.78, 5) is 10.3. The Morgan fingerprint density at radius 1 is 1.25 bits per heavy atom. The van der Waals surface area contributed by atoms with Crippen molar-refractivity contribution in [3.8, 4) is 0 Å². The Kier molecular flexibility index (Phi) is 4.47. The molecule has 0 spiro atoms. The largest absolute Gasteiger partial charge is 0.278 e. The Bertz CT molecular complexity index is 671. The van der Waals surface area contributed by atoms with Gasteiger partial charge in [-0.05, 0) is 19.1 Å². The third-order valence-electron chi connectivity index (χ3n) is 2.67. The molecule has 0 bridgehead atoms. The van der Waals surface area contributed by atoms with Gasteiger partial charge in [-0.25, -0.2) is 0 Å². The van der Waals surface area contributed by atoms with Crippen LogP contribution in [0.1, 0.15) is 12.5 Å². The Hall–Kier alpha value is -2.21. The average molecular weight is 334 g/mol. The van der Waals surface area contributed by atoms with Gasteiger partial charge in [-0.2, -0.15) is 5.10 Å². The zero-order valence-corrected chi connectivity index (χ0v) is 12.3. The van der Waals surface area contributed by atoms with Crippen LogP contribution in [0.3, 0.4) is 0 Å². The Morgan fingerprint density at radius 3 is 2.70 bits per heavy atom.